The number of halogens is 3. The Morgan fingerprint density at radius 1 is 0.970 bits per heavy atom. The minimum absolute atomic E-state index is 0.210. The van der Waals surface area contributed by atoms with Gasteiger partial charge >= 0.3 is 0 Å². The summed E-state index contributed by atoms with van der Waals surface area (Å²) in [4.78, 5) is 19.6. The van der Waals surface area contributed by atoms with Crippen molar-refractivity contribution in [1.82, 2.24) is 5.32 Å². The molecule has 0 radical (unpaired) electrons. The number of nitrogens with zero attached hydrogens (tertiary/aromatic N) is 1. The fourth-order valence-electron chi connectivity index (χ4n) is 4.19. The van der Waals surface area contributed by atoms with Crippen molar-refractivity contribution in [1.29, 1.82) is 0 Å². The van der Waals surface area contributed by atoms with E-state index < -0.39 is 5.92 Å². The summed E-state index contributed by atoms with van der Waals surface area (Å²) in [7, 11) is 0. The van der Waals surface area contributed by atoms with Gasteiger partial charge < -0.3 is 5.32 Å². The van der Waals surface area contributed by atoms with Gasteiger partial charge in [-0.3, -0.25) is 4.79 Å². The predicted octanol–water partition coefficient (Wildman–Crippen LogP) is 6.77. The van der Waals surface area contributed by atoms with E-state index in [2.05, 4.69) is 5.32 Å². The van der Waals surface area contributed by atoms with Crippen molar-refractivity contribution in [3.05, 3.63) is 89.2 Å². The molecule has 168 valence electrons. The third-order valence-corrected chi connectivity index (χ3v) is 7.11. The molecule has 1 amide bonds. The fraction of sp³-hybridized carbons (Fsp3) is 0.231. The minimum Gasteiger partial charge on any atom is -0.349 e. The maximum Gasteiger partial charge on any atom is 0.251 e. The SMILES string of the molecule is O=C(NC1CCC(F)(F)CC1)c1ccc2c(c1)N=C(c1cccc(F)c1)c1ccccc1S2. The predicted molar refractivity (Wildman–Crippen MR) is 123 cm³/mol. The topological polar surface area (TPSA) is 41.5 Å². The van der Waals surface area contributed by atoms with E-state index in [-0.39, 0.29) is 43.4 Å². The fourth-order valence-corrected chi connectivity index (χ4v) is 5.20. The highest BCUT2D eigenvalue weighted by Crippen LogP contribution is 2.41. The van der Waals surface area contributed by atoms with E-state index in [0.29, 0.717) is 22.5 Å². The van der Waals surface area contributed by atoms with Gasteiger partial charge in [-0.1, -0.05) is 42.1 Å². The minimum atomic E-state index is -2.64. The van der Waals surface area contributed by atoms with Gasteiger partial charge in [-0.15, -0.1) is 0 Å². The second kappa shape index (κ2) is 8.71. The van der Waals surface area contributed by atoms with E-state index in [1.165, 1.54) is 23.9 Å². The van der Waals surface area contributed by atoms with Crippen molar-refractivity contribution in [3.8, 4) is 0 Å². The summed E-state index contributed by atoms with van der Waals surface area (Å²) in [6.45, 7) is 0. The molecule has 5 rings (SSSR count). The summed E-state index contributed by atoms with van der Waals surface area (Å²) < 4.78 is 40.8. The van der Waals surface area contributed by atoms with Crippen LogP contribution in [-0.2, 0) is 0 Å². The lowest BCUT2D eigenvalue weighted by molar-refractivity contribution is -0.0399. The first-order chi connectivity index (χ1) is 15.9. The molecule has 7 heteroatoms. The molecule has 1 saturated carbocycles. The number of hydrogen-bond donors (Lipinski definition) is 1. The van der Waals surface area contributed by atoms with Gasteiger partial charge in [-0.05, 0) is 49.2 Å². The van der Waals surface area contributed by atoms with E-state index in [9.17, 15) is 18.0 Å². The van der Waals surface area contributed by atoms with Crippen molar-refractivity contribution in [3.63, 3.8) is 0 Å². The van der Waals surface area contributed by atoms with E-state index in [0.717, 1.165) is 15.4 Å². The van der Waals surface area contributed by atoms with Gasteiger partial charge in [0.05, 0.1) is 11.4 Å². The smallest absolute Gasteiger partial charge is 0.251 e. The molecule has 3 nitrogen and oxygen atoms in total. The van der Waals surface area contributed by atoms with Crippen LogP contribution in [0.25, 0.3) is 0 Å². The summed E-state index contributed by atoms with van der Waals surface area (Å²) in [6, 6.07) is 19.1. The zero-order valence-electron chi connectivity index (χ0n) is 17.7. The van der Waals surface area contributed by atoms with Gasteiger partial charge in [0.15, 0.2) is 0 Å². The summed E-state index contributed by atoms with van der Waals surface area (Å²) >= 11 is 1.54. The van der Waals surface area contributed by atoms with Crippen molar-refractivity contribution >= 4 is 29.1 Å². The Balaban J connectivity index is 1.48. The Hall–Kier alpha value is -3.06. The van der Waals surface area contributed by atoms with Crippen molar-refractivity contribution in [2.75, 3.05) is 0 Å². The average Bonchev–Trinajstić information content (AvgIpc) is 2.96. The molecule has 0 atom stereocenters. The molecule has 1 aliphatic carbocycles. The van der Waals surface area contributed by atoms with Crippen LogP contribution in [0.15, 0.2) is 81.5 Å². The van der Waals surface area contributed by atoms with Crippen LogP contribution >= 0.6 is 11.8 Å². The first-order valence-electron chi connectivity index (χ1n) is 10.8. The summed E-state index contributed by atoms with van der Waals surface area (Å²) in [5, 5.41) is 2.89. The molecular formula is C26H21F3N2OS. The van der Waals surface area contributed by atoms with Crippen LogP contribution in [0.4, 0.5) is 18.9 Å². The van der Waals surface area contributed by atoms with Crippen molar-refractivity contribution in [2.24, 2.45) is 4.99 Å². The number of alkyl halides is 2. The number of fused-ring (bicyclic) bond motifs is 2. The monoisotopic (exact) mass is 466 g/mol. The van der Waals surface area contributed by atoms with Crippen LogP contribution in [0.2, 0.25) is 0 Å². The largest absolute Gasteiger partial charge is 0.349 e. The maximum absolute atomic E-state index is 14.0. The van der Waals surface area contributed by atoms with E-state index in [1.54, 1.807) is 18.2 Å². The quantitative estimate of drug-likeness (QED) is 0.362. The van der Waals surface area contributed by atoms with Crippen LogP contribution < -0.4 is 5.32 Å². The van der Waals surface area contributed by atoms with Crippen molar-refractivity contribution in [2.45, 2.75) is 47.4 Å². The number of carbonyl (C=O) groups is 1. The number of nitrogens with one attached hydrogen (secondary N) is 1. The Bertz CT molecular complexity index is 1250. The lowest BCUT2D eigenvalue weighted by Gasteiger charge is -2.28. The Labute approximate surface area is 194 Å². The van der Waals surface area contributed by atoms with Crippen LogP contribution in [0.1, 0.15) is 47.2 Å². The molecule has 0 unspecified atom stereocenters. The van der Waals surface area contributed by atoms with E-state index >= 15 is 0 Å². The van der Waals surface area contributed by atoms with Crippen LogP contribution in [0.5, 0.6) is 0 Å². The molecule has 33 heavy (non-hydrogen) atoms. The van der Waals surface area contributed by atoms with Crippen LogP contribution in [-0.4, -0.2) is 23.6 Å². The summed E-state index contributed by atoms with van der Waals surface area (Å²) in [6.07, 6.45) is 0.101. The van der Waals surface area contributed by atoms with Gasteiger partial charge in [-0.25, -0.2) is 18.2 Å². The lowest BCUT2D eigenvalue weighted by atomic mass is 9.92. The van der Waals surface area contributed by atoms with Gasteiger partial charge in [0.25, 0.3) is 5.91 Å². The van der Waals surface area contributed by atoms with E-state index in [1.807, 2.05) is 36.4 Å². The number of carbonyl (C=O) groups excluding carboxylic acids is 1. The van der Waals surface area contributed by atoms with Crippen LogP contribution in [0.3, 0.4) is 0 Å². The van der Waals surface area contributed by atoms with E-state index in [4.69, 9.17) is 4.99 Å². The highest BCUT2D eigenvalue weighted by molar-refractivity contribution is 7.99. The molecule has 0 bridgehead atoms. The van der Waals surface area contributed by atoms with Crippen LogP contribution in [0, 0.1) is 5.82 Å². The normalized spacial score (nSPS) is 17.4. The summed E-state index contributed by atoms with van der Waals surface area (Å²) in [5.74, 6) is -3.29. The first kappa shape index (κ1) is 21.8. The highest BCUT2D eigenvalue weighted by Gasteiger charge is 2.35. The second-order valence-corrected chi connectivity index (χ2v) is 9.44. The molecule has 2 aliphatic rings. The van der Waals surface area contributed by atoms with Gasteiger partial charge in [0.2, 0.25) is 5.92 Å². The standard InChI is InChI=1S/C26H21F3N2OS/c27-18-5-3-4-16(14-18)24-20-6-1-2-7-22(20)33-23-9-8-17(15-21(23)31-24)25(32)30-19-10-12-26(28,29)13-11-19/h1-9,14-15,19H,10-13H2,(H,30,32). The molecule has 1 aliphatic heterocycles. The van der Waals surface area contributed by atoms with Gasteiger partial charge in [0.1, 0.15) is 5.82 Å². The molecule has 0 spiro atoms. The maximum atomic E-state index is 14.0. The molecule has 0 aromatic heterocycles. The molecule has 0 saturated heterocycles. The highest BCUT2D eigenvalue weighted by atomic mass is 32.2. The molecule has 1 heterocycles. The molecule has 3 aromatic carbocycles. The number of aliphatic imine (C=N–C) groups is 1. The Morgan fingerprint density at radius 2 is 1.76 bits per heavy atom. The third-order valence-electron chi connectivity index (χ3n) is 5.97. The molecule has 3 aromatic rings. The number of hydrogen-bond acceptors (Lipinski definition) is 3. The second-order valence-electron chi connectivity index (χ2n) is 8.36. The zero-order valence-corrected chi connectivity index (χ0v) is 18.5. The van der Waals surface area contributed by atoms with Gasteiger partial charge in [0, 0.05) is 45.4 Å². The molecular weight excluding hydrogens is 445 g/mol. The lowest BCUT2D eigenvalue weighted by Crippen LogP contribution is -2.40. The zero-order chi connectivity index (χ0) is 23.0. The number of rotatable bonds is 3. The first-order valence-corrected chi connectivity index (χ1v) is 11.6. The number of benzene rings is 3. The average molecular weight is 467 g/mol. The third kappa shape index (κ3) is 4.69. The van der Waals surface area contributed by atoms with Crippen molar-refractivity contribution < 1.29 is 18.0 Å². The summed E-state index contributed by atoms with van der Waals surface area (Å²) in [5.41, 5.74) is 3.19. The Morgan fingerprint density at radius 3 is 2.55 bits per heavy atom. The number of amides is 1. The Kier molecular flexibility index (Phi) is 5.74. The molecule has 1 fully saturated rings. The molecule has 1 N–H and O–H groups in total. The van der Waals surface area contributed by atoms with Gasteiger partial charge in [-0.2, -0.15) is 0 Å².